The predicted octanol–water partition coefficient (Wildman–Crippen LogP) is 8.51. The Morgan fingerprint density at radius 2 is 1.17 bits per heavy atom. The van der Waals surface area contributed by atoms with Crippen LogP contribution >= 0.6 is 22.7 Å². The summed E-state index contributed by atoms with van der Waals surface area (Å²) in [6, 6.07) is 12.6. The van der Waals surface area contributed by atoms with Gasteiger partial charge in [-0.05, 0) is 72.2 Å². The molecule has 0 fully saturated rings. The van der Waals surface area contributed by atoms with Crippen LogP contribution in [0.1, 0.15) is 60.4 Å². The van der Waals surface area contributed by atoms with E-state index in [2.05, 4.69) is 85.3 Å². The highest BCUT2D eigenvalue weighted by molar-refractivity contribution is 7.11. The van der Waals surface area contributed by atoms with Gasteiger partial charge in [0.05, 0.1) is 13.2 Å². The van der Waals surface area contributed by atoms with E-state index >= 15 is 0 Å². The van der Waals surface area contributed by atoms with Gasteiger partial charge in [0.15, 0.2) is 0 Å². The van der Waals surface area contributed by atoms with Crippen molar-refractivity contribution < 1.29 is 9.47 Å². The molecule has 2 aromatic heterocycles. The summed E-state index contributed by atoms with van der Waals surface area (Å²) in [5, 5.41) is 4.19. The van der Waals surface area contributed by atoms with Crippen molar-refractivity contribution in [2.45, 2.75) is 39.5 Å². The van der Waals surface area contributed by atoms with Crippen LogP contribution in [0.25, 0.3) is 24.3 Å². The van der Waals surface area contributed by atoms with E-state index in [4.69, 9.17) is 9.47 Å². The minimum Gasteiger partial charge on any atom is -0.493 e. The number of hydrogen-bond donors (Lipinski definition) is 0. The van der Waals surface area contributed by atoms with Gasteiger partial charge in [-0.2, -0.15) is 0 Å². The molecule has 0 unspecified atom stereocenters. The van der Waals surface area contributed by atoms with Crippen LogP contribution in [0.5, 0.6) is 11.5 Å². The first-order valence-electron chi connectivity index (χ1n) is 10.7. The van der Waals surface area contributed by atoms with Gasteiger partial charge in [-0.3, -0.25) is 0 Å². The number of unbranched alkanes of at least 4 members (excludes halogenated alkanes) is 2. The van der Waals surface area contributed by atoms with Gasteiger partial charge in [-0.15, -0.1) is 22.7 Å². The monoisotopic (exact) mass is 438 g/mol. The van der Waals surface area contributed by atoms with Gasteiger partial charge in [0, 0.05) is 20.9 Å². The molecule has 30 heavy (non-hydrogen) atoms. The molecule has 1 aromatic carbocycles. The number of hydrogen-bond acceptors (Lipinski definition) is 4. The predicted molar refractivity (Wildman–Crippen MR) is 134 cm³/mol. The average molecular weight is 439 g/mol. The Morgan fingerprint density at radius 1 is 0.700 bits per heavy atom. The minimum atomic E-state index is 0.723. The molecule has 2 nitrogen and oxygen atoms in total. The zero-order valence-corrected chi connectivity index (χ0v) is 19.4. The summed E-state index contributed by atoms with van der Waals surface area (Å²) in [5.74, 6) is 1.81. The second-order valence-electron chi connectivity index (χ2n) is 7.03. The molecule has 0 radical (unpaired) electrons. The fourth-order valence-electron chi connectivity index (χ4n) is 2.87. The van der Waals surface area contributed by atoms with Crippen molar-refractivity contribution in [1.29, 1.82) is 0 Å². The molecule has 0 aliphatic rings. The summed E-state index contributed by atoms with van der Waals surface area (Å²) in [6.07, 6.45) is 12.9. The molecule has 0 atom stereocenters. The first kappa shape index (κ1) is 22.4. The number of thiophene rings is 2. The SMILES string of the molecule is CCCCOc1cc(/C=C/c2cccs2)c(OCCCC)cc1/C=C/c1cccs1. The fraction of sp³-hybridized carbons (Fsp3) is 0.308. The van der Waals surface area contributed by atoms with E-state index in [-0.39, 0.29) is 0 Å². The molecule has 0 aliphatic heterocycles. The van der Waals surface area contributed by atoms with Gasteiger partial charge in [-0.1, -0.05) is 38.8 Å². The molecule has 0 amide bonds. The van der Waals surface area contributed by atoms with Crippen LogP contribution in [0, 0.1) is 0 Å². The Kier molecular flexibility index (Phi) is 9.26. The smallest absolute Gasteiger partial charge is 0.127 e. The Morgan fingerprint density at radius 3 is 1.53 bits per heavy atom. The van der Waals surface area contributed by atoms with Crippen molar-refractivity contribution in [3.05, 3.63) is 68.0 Å². The highest BCUT2D eigenvalue weighted by Crippen LogP contribution is 2.33. The fourth-order valence-corrected chi connectivity index (χ4v) is 4.11. The average Bonchev–Trinajstić information content (AvgIpc) is 3.46. The first-order chi connectivity index (χ1) is 14.8. The maximum atomic E-state index is 6.17. The summed E-state index contributed by atoms with van der Waals surface area (Å²) >= 11 is 3.46. The topological polar surface area (TPSA) is 18.5 Å². The van der Waals surface area contributed by atoms with Crippen LogP contribution < -0.4 is 9.47 Å². The summed E-state index contributed by atoms with van der Waals surface area (Å²) in [5.41, 5.74) is 2.11. The molecule has 0 aliphatic carbocycles. The van der Waals surface area contributed by atoms with E-state index in [1.165, 1.54) is 9.75 Å². The third kappa shape index (κ3) is 6.89. The molecule has 158 valence electrons. The van der Waals surface area contributed by atoms with Crippen molar-refractivity contribution in [3.63, 3.8) is 0 Å². The highest BCUT2D eigenvalue weighted by Gasteiger charge is 2.10. The van der Waals surface area contributed by atoms with E-state index < -0.39 is 0 Å². The zero-order chi connectivity index (χ0) is 21.0. The molecule has 0 saturated heterocycles. The molecular weight excluding hydrogens is 408 g/mol. The van der Waals surface area contributed by atoms with Crippen LogP contribution in [0.2, 0.25) is 0 Å². The molecule has 3 rings (SSSR count). The summed E-state index contributed by atoms with van der Waals surface area (Å²) in [7, 11) is 0. The van der Waals surface area contributed by atoms with Crippen molar-refractivity contribution in [2.75, 3.05) is 13.2 Å². The quantitative estimate of drug-likeness (QED) is 0.264. The van der Waals surface area contributed by atoms with Crippen LogP contribution in [-0.2, 0) is 0 Å². The summed E-state index contributed by atoms with van der Waals surface area (Å²) in [6.45, 7) is 5.81. The van der Waals surface area contributed by atoms with Crippen LogP contribution in [-0.4, -0.2) is 13.2 Å². The first-order valence-corrected chi connectivity index (χ1v) is 12.4. The maximum absolute atomic E-state index is 6.17. The second kappa shape index (κ2) is 12.4. The molecule has 0 saturated carbocycles. The van der Waals surface area contributed by atoms with Gasteiger partial charge in [0.25, 0.3) is 0 Å². The van der Waals surface area contributed by atoms with Crippen LogP contribution in [0.15, 0.2) is 47.2 Å². The van der Waals surface area contributed by atoms with E-state index in [1.54, 1.807) is 22.7 Å². The number of benzene rings is 1. The lowest BCUT2D eigenvalue weighted by atomic mass is 10.1. The second-order valence-corrected chi connectivity index (χ2v) is 8.99. The highest BCUT2D eigenvalue weighted by atomic mass is 32.1. The Hall–Kier alpha value is -2.30. The largest absolute Gasteiger partial charge is 0.493 e. The van der Waals surface area contributed by atoms with E-state index in [9.17, 15) is 0 Å². The molecule has 0 spiro atoms. The molecule has 0 bridgehead atoms. The van der Waals surface area contributed by atoms with E-state index in [1.807, 2.05) is 0 Å². The van der Waals surface area contributed by atoms with E-state index in [0.29, 0.717) is 0 Å². The van der Waals surface area contributed by atoms with Crippen LogP contribution in [0.3, 0.4) is 0 Å². The van der Waals surface area contributed by atoms with Gasteiger partial charge in [0.1, 0.15) is 11.5 Å². The zero-order valence-electron chi connectivity index (χ0n) is 17.8. The minimum absolute atomic E-state index is 0.723. The summed E-state index contributed by atoms with van der Waals surface area (Å²) in [4.78, 5) is 2.45. The molecule has 3 aromatic rings. The number of rotatable bonds is 12. The maximum Gasteiger partial charge on any atom is 0.127 e. The standard InChI is InChI=1S/C26H30O2S2/c1-3-5-15-27-25-19-22(12-14-24-10-8-18-30-24)26(28-16-6-4-2)20-21(25)11-13-23-9-7-17-29-23/h7-14,17-20H,3-6,15-16H2,1-2H3/b13-11+,14-12+. The lowest BCUT2D eigenvalue weighted by molar-refractivity contribution is 0.300. The summed E-state index contributed by atoms with van der Waals surface area (Å²) < 4.78 is 12.3. The Labute approximate surface area is 188 Å². The van der Waals surface area contributed by atoms with Crippen molar-refractivity contribution in [2.24, 2.45) is 0 Å². The lowest BCUT2D eigenvalue weighted by Gasteiger charge is -2.15. The van der Waals surface area contributed by atoms with Crippen molar-refractivity contribution in [1.82, 2.24) is 0 Å². The van der Waals surface area contributed by atoms with Gasteiger partial charge in [0.2, 0.25) is 0 Å². The number of ether oxygens (including phenoxy) is 2. The van der Waals surface area contributed by atoms with Gasteiger partial charge < -0.3 is 9.47 Å². The third-order valence-corrected chi connectivity index (χ3v) is 6.27. The van der Waals surface area contributed by atoms with Crippen molar-refractivity contribution in [3.8, 4) is 11.5 Å². The van der Waals surface area contributed by atoms with E-state index in [0.717, 1.165) is 61.5 Å². The molecular formula is C26H30O2S2. The Balaban J connectivity index is 1.94. The van der Waals surface area contributed by atoms with Gasteiger partial charge in [-0.25, -0.2) is 0 Å². The van der Waals surface area contributed by atoms with Crippen LogP contribution in [0.4, 0.5) is 0 Å². The Bertz CT molecular complexity index is 844. The van der Waals surface area contributed by atoms with Gasteiger partial charge >= 0.3 is 0 Å². The molecule has 0 N–H and O–H groups in total. The normalized spacial score (nSPS) is 11.5. The third-order valence-electron chi connectivity index (χ3n) is 4.59. The molecule has 4 heteroatoms. The van der Waals surface area contributed by atoms with Crippen molar-refractivity contribution >= 4 is 47.0 Å². The lowest BCUT2D eigenvalue weighted by Crippen LogP contribution is -2.02. The molecule has 2 heterocycles.